The van der Waals surface area contributed by atoms with Crippen LogP contribution in [0.4, 0.5) is 4.79 Å². The highest BCUT2D eigenvalue weighted by Crippen LogP contribution is 2.17. The zero-order valence-corrected chi connectivity index (χ0v) is 9.58. The van der Waals surface area contributed by atoms with Gasteiger partial charge in [-0.1, -0.05) is 30.3 Å². The molecule has 18 heavy (non-hydrogen) atoms. The molecule has 0 spiro atoms. The molecule has 0 saturated heterocycles. The van der Waals surface area contributed by atoms with Crippen molar-refractivity contribution in [1.82, 2.24) is 4.98 Å². The first-order chi connectivity index (χ1) is 8.74. The van der Waals surface area contributed by atoms with Gasteiger partial charge in [-0.15, -0.1) is 0 Å². The fourth-order valence-electron chi connectivity index (χ4n) is 1.38. The largest absolute Gasteiger partial charge is 0.489 e. The maximum Gasteiger partial charge on any atom is 0.411 e. The summed E-state index contributed by atoms with van der Waals surface area (Å²) in [5, 5.41) is 0. The van der Waals surface area contributed by atoms with E-state index >= 15 is 0 Å². The first-order valence-corrected chi connectivity index (χ1v) is 5.34. The lowest BCUT2D eigenvalue weighted by atomic mass is 10.2. The van der Waals surface area contributed by atoms with Gasteiger partial charge in [-0.3, -0.25) is 0 Å². The lowest BCUT2D eigenvalue weighted by Crippen LogP contribution is -2.16. The molecule has 0 atom stereocenters. The SMILES string of the molecule is NC(=O)Oc1cc(OCc2ccccc2)ccn1. The highest BCUT2D eigenvalue weighted by molar-refractivity contribution is 5.67. The van der Waals surface area contributed by atoms with E-state index in [1.54, 1.807) is 6.07 Å². The third kappa shape index (κ3) is 3.48. The lowest BCUT2D eigenvalue weighted by Gasteiger charge is -2.07. The maximum atomic E-state index is 10.6. The van der Waals surface area contributed by atoms with Crippen LogP contribution >= 0.6 is 0 Å². The molecule has 0 bridgehead atoms. The molecular weight excluding hydrogens is 232 g/mol. The van der Waals surface area contributed by atoms with Crippen LogP contribution in [0, 0.1) is 0 Å². The monoisotopic (exact) mass is 244 g/mol. The molecule has 0 fully saturated rings. The van der Waals surface area contributed by atoms with E-state index in [4.69, 9.17) is 10.5 Å². The fraction of sp³-hybridized carbons (Fsp3) is 0.0769. The number of primary amides is 1. The minimum atomic E-state index is -0.900. The van der Waals surface area contributed by atoms with E-state index in [1.807, 2.05) is 30.3 Å². The minimum Gasteiger partial charge on any atom is -0.489 e. The Bertz CT molecular complexity index is 529. The third-order valence-electron chi connectivity index (χ3n) is 2.16. The number of rotatable bonds is 4. The molecule has 0 aliphatic rings. The number of amides is 1. The molecule has 0 radical (unpaired) electrons. The summed E-state index contributed by atoms with van der Waals surface area (Å²) >= 11 is 0. The minimum absolute atomic E-state index is 0.119. The summed E-state index contributed by atoms with van der Waals surface area (Å²) in [7, 11) is 0. The molecule has 5 nitrogen and oxygen atoms in total. The molecule has 5 heteroatoms. The Labute approximate surface area is 104 Å². The second-order valence-corrected chi connectivity index (χ2v) is 3.53. The Morgan fingerprint density at radius 1 is 1.22 bits per heavy atom. The number of nitrogens with zero attached hydrogens (tertiary/aromatic N) is 1. The van der Waals surface area contributed by atoms with Gasteiger partial charge in [0, 0.05) is 12.3 Å². The van der Waals surface area contributed by atoms with E-state index in [-0.39, 0.29) is 5.88 Å². The quantitative estimate of drug-likeness (QED) is 0.893. The molecule has 2 rings (SSSR count). The topological polar surface area (TPSA) is 74.4 Å². The number of hydrogen-bond acceptors (Lipinski definition) is 4. The van der Waals surface area contributed by atoms with Gasteiger partial charge in [0.2, 0.25) is 5.88 Å². The van der Waals surface area contributed by atoms with Gasteiger partial charge in [0.25, 0.3) is 0 Å². The zero-order valence-electron chi connectivity index (χ0n) is 9.58. The van der Waals surface area contributed by atoms with Gasteiger partial charge in [-0.2, -0.15) is 0 Å². The second-order valence-electron chi connectivity index (χ2n) is 3.53. The number of carbonyl (C=O) groups is 1. The van der Waals surface area contributed by atoms with Gasteiger partial charge in [0.05, 0.1) is 0 Å². The third-order valence-corrected chi connectivity index (χ3v) is 2.16. The van der Waals surface area contributed by atoms with Gasteiger partial charge in [0.1, 0.15) is 12.4 Å². The lowest BCUT2D eigenvalue weighted by molar-refractivity contribution is 0.208. The summed E-state index contributed by atoms with van der Waals surface area (Å²) in [4.78, 5) is 14.4. The van der Waals surface area contributed by atoms with Gasteiger partial charge < -0.3 is 15.2 Å². The van der Waals surface area contributed by atoms with Crippen LogP contribution in [0.15, 0.2) is 48.7 Å². The van der Waals surface area contributed by atoms with E-state index in [0.717, 1.165) is 5.56 Å². The molecule has 0 aliphatic carbocycles. The number of carbonyl (C=O) groups excluding carboxylic acids is 1. The van der Waals surface area contributed by atoms with Crippen LogP contribution in [-0.2, 0) is 6.61 Å². The predicted octanol–water partition coefficient (Wildman–Crippen LogP) is 2.12. The molecule has 1 aromatic carbocycles. The average molecular weight is 244 g/mol. The Balaban J connectivity index is 1.99. The maximum absolute atomic E-state index is 10.6. The van der Waals surface area contributed by atoms with Gasteiger partial charge in [-0.05, 0) is 11.6 Å². The number of benzene rings is 1. The van der Waals surface area contributed by atoms with E-state index < -0.39 is 6.09 Å². The highest BCUT2D eigenvalue weighted by Gasteiger charge is 2.02. The van der Waals surface area contributed by atoms with Crippen molar-refractivity contribution in [3.63, 3.8) is 0 Å². The van der Waals surface area contributed by atoms with Crippen LogP contribution in [0.3, 0.4) is 0 Å². The van der Waals surface area contributed by atoms with Gasteiger partial charge in [-0.25, -0.2) is 9.78 Å². The molecule has 1 amide bonds. The molecule has 1 heterocycles. The van der Waals surface area contributed by atoms with Crippen LogP contribution in [0.25, 0.3) is 0 Å². The number of hydrogen-bond donors (Lipinski definition) is 1. The van der Waals surface area contributed by atoms with Crippen molar-refractivity contribution in [3.8, 4) is 11.6 Å². The Morgan fingerprint density at radius 3 is 2.72 bits per heavy atom. The van der Waals surface area contributed by atoms with E-state index in [1.165, 1.54) is 12.3 Å². The Hall–Kier alpha value is -2.56. The van der Waals surface area contributed by atoms with Crippen molar-refractivity contribution in [2.24, 2.45) is 5.73 Å². The summed E-state index contributed by atoms with van der Waals surface area (Å²) in [6, 6.07) is 12.9. The highest BCUT2D eigenvalue weighted by atomic mass is 16.6. The number of nitrogens with two attached hydrogens (primary N) is 1. The van der Waals surface area contributed by atoms with Crippen molar-refractivity contribution in [1.29, 1.82) is 0 Å². The van der Waals surface area contributed by atoms with Crippen molar-refractivity contribution in [3.05, 3.63) is 54.2 Å². The summed E-state index contributed by atoms with van der Waals surface area (Å²) in [5.74, 6) is 0.679. The first kappa shape index (κ1) is 11.9. The molecule has 92 valence electrons. The smallest absolute Gasteiger partial charge is 0.411 e. The molecule has 2 aromatic rings. The van der Waals surface area contributed by atoms with Crippen LogP contribution in [0.1, 0.15) is 5.56 Å². The molecule has 0 unspecified atom stereocenters. The van der Waals surface area contributed by atoms with Crippen LogP contribution in [0.5, 0.6) is 11.6 Å². The van der Waals surface area contributed by atoms with E-state index in [2.05, 4.69) is 9.72 Å². The number of ether oxygens (including phenoxy) is 2. The van der Waals surface area contributed by atoms with Crippen molar-refractivity contribution in [2.75, 3.05) is 0 Å². The summed E-state index contributed by atoms with van der Waals surface area (Å²) in [6.45, 7) is 0.431. The predicted molar refractivity (Wildman–Crippen MR) is 65.2 cm³/mol. The fourth-order valence-corrected chi connectivity index (χ4v) is 1.38. The van der Waals surface area contributed by atoms with Crippen LogP contribution in [0.2, 0.25) is 0 Å². The molecule has 0 aliphatic heterocycles. The van der Waals surface area contributed by atoms with Gasteiger partial charge >= 0.3 is 6.09 Å². The number of aromatic nitrogens is 1. The van der Waals surface area contributed by atoms with Crippen molar-refractivity contribution in [2.45, 2.75) is 6.61 Å². The second kappa shape index (κ2) is 5.67. The van der Waals surface area contributed by atoms with E-state index in [9.17, 15) is 4.79 Å². The normalized spacial score (nSPS) is 9.78. The molecule has 0 saturated carbocycles. The van der Waals surface area contributed by atoms with Gasteiger partial charge in [0.15, 0.2) is 0 Å². The van der Waals surface area contributed by atoms with Crippen molar-refractivity contribution >= 4 is 6.09 Å². The molecule has 1 aromatic heterocycles. The standard InChI is InChI=1S/C13H12N2O3/c14-13(16)18-12-8-11(6-7-15-12)17-9-10-4-2-1-3-5-10/h1-8H,9H2,(H2,14,16). The van der Waals surface area contributed by atoms with Crippen LogP contribution in [-0.4, -0.2) is 11.1 Å². The summed E-state index contributed by atoms with van der Waals surface area (Å²) < 4.78 is 10.2. The zero-order chi connectivity index (χ0) is 12.8. The summed E-state index contributed by atoms with van der Waals surface area (Å²) in [5.41, 5.74) is 5.95. The number of pyridine rings is 1. The van der Waals surface area contributed by atoms with E-state index in [0.29, 0.717) is 12.4 Å². The van der Waals surface area contributed by atoms with Crippen molar-refractivity contribution < 1.29 is 14.3 Å². The average Bonchev–Trinajstić information content (AvgIpc) is 2.37. The Morgan fingerprint density at radius 2 is 2.00 bits per heavy atom. The van der Waals surface area contributed by atoms with Crippen LogP contribution < -0.4 is 15.2 Å². The molecule has 2 N–H and O–H groups in total. The molecular formula is C13H12N2O3. The summed E-state index contributed by atoms with van der Waals surface area (Å²) in [6.07, 6.45) is 0.584. The Kier molecular flexibility index (Phi) is 3.76. The first-order valence-electron chi connectivity index (χ1n) is 5.34.